The number of carbonyl (C=O) groups is 1. The van der Waals surface area contributed by atoms with Gasteiger partial charge in [-0.2, -0.15) is 0 Å². The van der Waals surface area contributed by atoms with Crippen LogP contribution in [-0.2, 0) is 11.2 Å². The Labute approximate surface area is 141 Å². The number of ether oxygens (including phenoxy) is 1. The molecule has 1 aliphatic carbocycles. The van der Waals surface area contributed by atoms with Crippen LogP contribution in [0, 0.1) is 5.92 Å². The number of amides is 1. The Morgan fingerprint density at radius 1 is 1.30 bits per heavy atom. The number of thiophene rings is 1. The first-order chi connectivity index (χ1) is 11.3. The van der Waals surface area contributed by atoms with Crippen LogP contribution in [0.3, 0.4) is 0 Å². The topological polar surface area (TPSA) is 38.3 Å². The second-order valence-corrected chi connectivity index (χ2v) is 7.11. The number of hydrogen-bond donors (Lipinski definition) is 1. The molecule has 0 bridgehead atoms. The maximum absolute atomic E-state index is 12.5. The van der Waals surface area contributed by atoms with Gasteiger partial charge in [-0.1, -0.05) is 31.0 Å². The van der Waals surface area contributed by atoms with Crippen molar-refractivity contribution in [3.05, 3.63) is 52.2 Å². The van der Waals surface area contributed by atoms with E-state index < -0.39 is 0 Å². The lowest BCUT2D eigenvalue weighted by atomic mass is 9.96. The van der Waals surface area contributed by atoms with Crippen molar-refractivity contribution in [1.29, 1.82) is 0 Å². The maximum Gasteiger partial charge on any atom is 0.224 e. The zero-order chi connectivity index (χ0) is 16.1. The van der Waals surface area contributed by atoms with Crippen LogP contribution in [0.1, 0.15) is 42.2 Å². The normalized spacial score (nSPS) is 16.2. The molecule has 2 aromatic rings. The van der Waals surface area contributed by atoms with Gasteiger partial charge in [0.05, 0.1) is 19.6 Å². The summed E-state index contributed by atoms with van der Waals surface area (Å²) in [6.07, 6.45) is 5.37. The van der Waals surface area contributed by atoms with Crippen LogP contribution < -0.4 is 10.1 Å². The minimum Gasteiger partial charge on any atom is -0.497 e. The predicted molar refractivity (Wildman–Crippen MR) is 93.9 cm³/mol. The highest BCUT2D eigenvalue weighted by molar-refractivity contribution is 7.10. The molecule has 4 heteroatoms. The zero-order valence-electron chi connectivity index (χ0n) is 13.5. The highest BCUT2D eigenvalue weighted by Crippen LogP contribution is 2.37. The first kappa shape index (κ1) is 16.1. The van der Waals surface area contributed by atoms with Crippen molar-refractivity contribution in [3.8, 4) is 5.75 Å². The molecule has 1 aliphatic rings. The van der Waals surface area contributed by atoms with Gasteiger partial charge in [0.15, 0.2) is 0 Å². The molecule has 23 heavy (non-hydrogen) atoms. The predicted octanol–water partition coefficient (Wildman–Crippen LogP) is 4.35. The standard InChI is InChI=1S/C19H23NO2S/c1-22-16-9-4-6-14(12-16)13-18(21)20-19(15-7-2-3-8-15)17-10-5-11-23-17/h4-6,9-12,15,19H,2-3,7-8,13H2,1H3,(H,20,21)/t19-/m1/s1. The third-order valence-corrected chi connectivity index (χ3v) is 5.49. The molecule has 122 valence electrons. The van der Waals surface area contributed by atoms with Crippen LogP contribution >= 0.6 is 11.3 Å². The molecule has 1 fully saturated rings. The average Bonchev–Trinajstić information content (AvgIpc) is 3.26. The van der Waals surface area contributed by atoms with Crippen LogP contribution in [0.25, 0.3) is 0 Å². The van der Waals surface area contributed by atoms with Crippen molar-refractivity contribution >= 4 is 17.2 Å². The Hall–Kier alpha value is -1.81. The van der Waals surface area contributed by atoms with Crippen molar-refractivity contribution < 1.29 is 9.53 Å². The van der Waals surface area contributed by atoms with Gasteiger partial charge in [-0.05, 0) is 47.9 Å². The van der Waals surface area contributed by atoms with Crippen LogP contribution in [0.15, 0.2) is 41.8 Å². The first-order valence-electron chi connectivity index (χ1n) is 8.22. The molecular weight excluding hydrogens is 306 g/mol. The lowest BCUT2D eigenvalue weighted by molar-refractivity contribution is -0.121. The molecule has 1 amide bonds. The van der Waals surface area contributed by atoms with Gasteiger partial charge in [-0.25, -0.2) is 0 Å². The van der Waals surface area contributed by atoms with Gasteiger partial charge < -0.3 is 10.1 Å². The molecule has 0 saturated heterocycles. The number of nitrogens with one attached hydrogen (secondary N) is 1. The van der Waals surface area contributed by atoms with Crippen LogP contribution in [-0.4, -0.2) is 13.0 Å². The summed E-state index contributed by atoms with van der Waals surface area (Å²) in [5.74, 6) is 1.45. The van der Waals surface area contributed by atoms with E-state index in [2.05, 4.69) is 22.8 Å². The number of methoxy groups -OCH3 is 1. The van der Waals surface area contributed by atoms with E-state index in [0.29, 0.717) is 12.3 Å². The molecule has 1 heterocycles. The Kier molecular flexibility index (Phi) is 5.34. The fourth-order valence-electron chi connectivity index (χ4n) is 3.37. The van der Waals surface area contributed by atoms with Gasteiger partial charge in [0, 0.05) is 4.88 Å². The molecule has 1 aromatic heterocycles. The van der Waals surface area contributed by atoms with E-state index in [1.54, 1.807) is 18.4 Å². The molecule has 0 spiro atoms. The van der Waals surface area contributed by atoms with Gasteiger partial charge >= 0.3 is 0 Å². The van der Waals surface area contributed by atoms with E-state index in [-0.39, 0.29) is 11.9 Å². The number of rotatable bonds is 6. The lowest BCUT2D eigenvalue weighted by Gasteiger charge is -2.24. The first-order valence-corrected chi connectivity index (χ1v) is 9.10. The monoisotopic (exact) mass is 329 g/mol. The zero-order valence-corrected chi connectivity index (χ0v) is 14.3. The smallest absolute Gasteiger partial charge is 0.224 e. The quantitative estimate of drug-likeness (QED) is 0.856. The van der Waals surface area contributed by atoms with Crippen LogP contribution in [0.2, 0.25) is 0 Å². The van der Waals surface area contributed by atoms with Crippen molar-refractivity contribution in [2.75, 3.05) is 7.11 Å². The molecule has 1 atom stereocenters. The second-order valence-electron chi connectivity index (χ2n) is 6.13. The van der Waals surface area contributed by atoms with Crippen LogP contribution in [0.5, 0.6) is 5.75 Å². The third kappa shape index (κ3) is 4.14. The molecule has 1 saturated carbocycles. The lowest BCUT2D eigenvalue weighted by Crippen LogP contribution is -2.33. The van der Waals surface area contributed by atoms with Gasteiger partial charge in [-0.3, -0.25) is 4.79 Å². The minimum atomic E-state index is 0.0866. The summed E-state index contributed by atoms with van der Waals surface area (Å²) >= 11 is 1.74. The molecule has 3 nitrogen and oxygen atoms in total. The fourth-order valence-corrected chi connectivity index (χ4v) is 4.24. The molecular formula is C19H23NO2S. The summed E-state index contributed by atoms with van der Waals surface area (Å²) in [5, 5.41) is 5.37. The fraction of sp³-hybridized carbons (Fsp3) is 0.421. The number of benzene rings is 1. The van der Waals surface area contributed by atoms with Gasteiger partial charge in [0.1, 0.15) is 5.75 Å². The molecule has 0 unspecified atom stereocenters. The van der Waals surface area contributed by atoms with E-state index in [9.17, 15) is 4.79 Å². The van der Waals surface area contributed by atoms with E-state index in [0.717, 1.165) is 11.3 Å². The van der Waals surface area contributed by atoms with Gasteiger partial charge in [-0.15, -0.1) is 11.3 Å². The molecule has 1 N–H and O–H groups in total. The summed E-state index contributed by atoms with van der Waals surface area (Å²) in [6, 6.07) is 12.1. The van der Waals surface area contributed by atoms with E-state index in [1.165, 1.54) is 30.6 Å². The highest BCUT2D eigenvalue weighted by Gasteiger charge is 2.28. The molecule has 3 rings (SSSR count). The third-order valence-electron chi connectivity index (χ3n) is 4.54. The van der Waals surface area contributed by atoms with E-state index in [1.807, 2.05) is 24.3 Å². The SMILES string of the molecule is COc1cccc(CC(=O)N[C@@H](c2cccs2)C2CCCC2)c1. The summed E-state index contributed by atoms with van der Waals surface area (Å²) in [6.45, 7) is 0. The molecule has 1 aromatic carbocycles. The Bertz CT molecular complexity index is 633. The number of carbonyl (C=O) groups excluding carboxylic acids is 1. The highest BCUT2D eigenvalue weighted by atomic mass is 32.1. The summed E-state index contributed by atoms with van der Waals surface area (Å²) in [7, 11) is 1.64. The molecule has 0 aliphatic heterocycles. The number of hydrogen-bond acceptors (Lipinski definition) is 3. The van der Waals surface area contributed by atoms with Crippen LogP contribution in [0.4, 0.5) is 0 Å². The molecule has 0 radical (unpaired) electrons. The van der Waals surface area contributed by atoms with Crippen molar-refractivity contribution in [1.82, 2.24) is 5.32 Å². The van der Waals surface area contributed by atoms with Gasteiger partial charge in [0.25, 0.3) is 0 Å². The average molecular weight is 329 g/mol. The summed E-state index contributed by atoms with van der Waals surface area (Å²) in [5.41, 5.74) is 0.984. The largest absolute Gasteiger partial charge is 0.497 e. The Morgan fingerprint density at radius 3 is 2.83 bits per heavy atom. The van der Waals surface area contributed by atoms with E-state index >= 15 is 0 Å². The van der Waals surface area contributed by atoms with Crippen molar-refractivity contribution in [2.24, 2.45) is 5.92 Å². The second kappa shape index (κ2) is 7.64. The summed E-state index contributed by atoms with van der Waals surface area (Å²) < 4.78 is 5.23. The summed E-state index contributed by atoms with van der Waals surface area (Å²) in [4.78, 5) is 13.8. The van der Waals surface area contributed by atoms with E-state index in [4.69, 9.17) is 4.74 Å². The van der Waals surface area contributed by atoms with Crippen molar-refractivity contribution in [2.45, 2.75) is 38.1 Å². The Balaban J connectivity index is 1.68. The van der Waals surface area contributed by atoms with Crippen molar-refractivity contribution in [3.63, 3.8) is 0 Å². The minimum absolute atomic E-state index is 0.0866. The van der Waals surface area contributed by atoms with Gasteiger partial charge in [0.2, 0.25) is 5.91 Å². The maximum atomic E-state index is 12.5. The Morgan fingerprint density at radius 2 is 2.13 bits per heavy atom.